The van der Waals surface area contributed by atoms with Gasteiger partial charge in [0.2, 0.25) is 5.91 Å². The van der Waals surface area contributed by atoms with Crippen molar-refractivity contribution in [3.8, 4) is 0 Å². The summed E-state index contributed by atoms with van der Waals surface area (Å²) in [5.74, 6) is 0.269. The van der Waals surface area contributed by atoms with Crippen LogP contribution in [0.3, 0.4) is 0 Å². The van der Waals surface area contributed by atoms with Crippen molar-refractivity contribution in [1.82, 2.24) is 10.3 Å². The summed E-state index contributed by atoms with van der Waals surface area (Å²) < 4.78 is 0. The second-order valence-electron chi connectivity index (χ2n) is 3.80. The Labute approximate surface area is 93.3 Å². The highest BCUT2D eigenvalue weighted by Crippen LogP contribution is 2.27. The van der Waals surface area contributed by atoms with Crippen LogP contribution < -0.4 is 10.2 Å². The Morgan fingerprint density at radius 3 is 3.13 bits per heavy atom. The van der Waals surface area contributed by atoms with Crippen LogP contribution in [0.1, 0.15) is 11.3 Å². The lowest BCUT2D eigenvalue weighted by molar-refractivity contribution is -0.123. The molecule has 1 aromatic rings. The molecule has 1 aromatic heterocycles. The van der Waals surface area contributed by atoms with Gasteiger partial charge in [0.05, 0.1) is 5.92 Å². The molecule has 15 heavy (non-hydrogen) atoms. The van der Waals surface area contributed by atoms with E-state index < -0.39 is 0 Å². The highest BCUT2D eigenvalue weighted by atomic mass is 32.1. The zero-order chi connectivity index (χ0) is 10.8. The topological polar surface area (TPSA) is 45.2 Å². The summed E-state index contributed by atoms with van der Waals surface area (Å²) in [4.78, 5) is 19.2. The number of carbonyl (C=O) groups is 1. The van der Waals surface area contributed by atoms with E-state index >= 15 is 0 Å². The summed E-state index contributed by atoms with van der Waals surface area (Å²) in [7, 11) is 1.69. The van der Waals surface area contributed by atoms with Gasteiger partial charge in [0.25, 0.3) is 0 Å². The Morgan fingerprint density at radius 2 is 2.53 bits per heavy atom. The molecule has 1 aliphatic rings. The van der Waals surface area contributed by atoms with E-state index in [1.165, 1.54) is 4.88 Å². The summed E-state index contributed by atoms with van der Waals surface area (Å²) in [5.41, 5.74) is 0. The molecule has 82 valence electrons. The number of anilines is 1. The van der Waals surface area contributed by atoms with Crippen LogP contribution in [0, 0.1) is 12.8 Å². The largest absolute Gasteiger partial charge is 0.359 e. The van der Waals surface area contributed by atoms with Crippen molar-refractivity contribution in [2.75, 3.05) is 25.0 Å². The molecule has 1 fully saturated rings. The zero-order valence-electron chi connectivity index (χ0n) is 8.99. The van der Waals surface area contributed by atoms with E-state index in [4.69, 9.17) is 0 Å². The first-order valence-electron chi connectivity index (χ1n) is 5.09. The molecule has 5 heteroatoms. The quantitative estimate of drug-likeness (QED) is 0.817. The number of thiazole rings is 1. The van der Waals surface area contributed by atoms with Crippen LogP contribution in [0.4, 0.5) is 5.13 Å². The molecular formula is C10H15N3OS. The fourth-order valence-electron chi connectivity index (χ4n) is 1.84. The maximum atomic E-state index is 11.4. The number of hydrogen-bond donors (Lipinski definition) is 1. The van der Waals surface area contributed by atoms with Crippen LogP contribution >= 0.6 is 11.3 Å². The van der Waals surface area contributed by atoms with Crippen molar-refractivity contribution in [1.29, 1.82) is 0 Å². The van der Waals surface area contributed by atoms with E-state index in [0.29, 0.717) is 0 Å². The zero-order valence-corrected chi connectivity index (χ0v) is 9.80. The molecule has 1 amide bonds. The molecule has 1 atom stereocenters. The molecule has 0 aromatic carbocycles. The van der Waals surface area contributed by atoms with Gasteiger partial charge in [-0.15, -0.1) is 11.3 Å². The maximum Gasteiger partial charge on any atom is 0.224 e. The Hall–Kier alpha value is -1.10. The van der Waals surface area contributed by atoms with Crippen LogP contribution in [-0.4, -0.2) is 31.0 Å². The van der Waals surface area contributed by atoms with Crippen molar-refractivity contribution >= 4 is 22.4 Å². The van der Waals surface area contributed by atoms with Crippen LogP contribution in [0.2, 0.25) is 0 Å². The number of hydrogen-bond acceptors (Lipinski definition) is 4. The Bertz CT molecular complexity index is 363. The van der Waals surface area contributed by atoms with E-state index in [9.17, 15) is 4.79 Å². The highest BCUT2D eigenvalue weighted by Gasteiger charge is 2.28. The third-order valence-electron chi connectivity index (χ3n) is 2.69. The van der Waals surface area contributed by atoms with Crippen molar-refractivity contribution in [2.24, 2.45) is 5.92 Å². The van der Waals surface area contributed by atoms with Crippen LogP contribution in [-0.2, 0) is 4.79 Å². The van der Waals surface area contributed by atoms with Crippen molar-refractivity contribution in [3.63, 3.8) is 0 Å². The molecule has 0 bridgehead atoms. The van der Waals surface area contributed by atoms with Crippen molar-refractivity contribution in [3.05, 3.63) is 11.1 Å². The van der Waals surface area contributed by atoms with Crippen molar-refractivity contribution in [2.45, 2.75) is 13.3 Å². The standard InChI is InChI=1S/C10H15N3OS/c1-7-5-12-10(15-7)13-4-3-8(6-13)9(14)11-2/h5,8H,3-4,6H2,1-2H3,(H,11,14). The lowest BCUT2D eigenvalue weighted by Crippen LogP contribution is -2.30. The summed E-state index contributed by atoms with van der Waals surface area (Å²) in [6, 6.07) is 0. The normalized spacial score (nSPS) is 20.7. The first kappa shape index (κ1) is 10.4. The minimum absolute atomic E-state index is 0.124. The number of amides is 1. The monoisotopic (exact) mass is 225 g/mol. The van der Waals surface area contributed by atoms with Gasteiger partial charge in [-0.25, -0.2) is 4.98 Å². The predicted molar refractivity (Wildman–Crippen MR) is 61.2 cm³/mol. The summed E-state index contributed by atoms with van der Waals surface area (Å²) >= 11 is 1.69. The summed E-state index contributed by atoms with van der Waals surface area (Å²) in [6.07, 6.45) is 2.81. The number of aryl methyl sites for hydroxylation is 1. The van der Waals surface area contributed by atoms with Gasteiger partial charge in [0.15, 0.2) is 5.13 Å². The third-order valence-corrected chi connectivity index (χ3v) is 3.66. The van der Waals surface area contributed by atoms with E-state index in [2.05, 4.69) is 15.2 Å². The number of nitrogens with one attached hydrogen (secondary N) is 1. The number of nitrogens with zero attached hydrogens (tertiary/aromatic N) is 2. The number of carbonyl (C=O) groups excluding carboxylic acids is 1. The molecule has 0 saturated carbocycles. The van der Waals surface area contributed by atoms with E-state index in [0.717, 1.165) is 24.6 Å². The van der Waals surface area contributed by atoms with Gasteiger partial charge in [0, 0.05) is 31.2 Å². The average Bonchev–Trinajstić information content (AvgIpc) is 2.84. The smallest absolute Gasteiger partial charge is 0.224 e. The molecule has 2 rings (SSSR count). The van der Waals surface area contributed by atoms with Gasteiger partial charge in [0.1, 0.15) is 0 Å². The Kier molecular flexibility index (Phi) is 2.90. The maximum absolute atomic E-state index is 11.4. The minimum Gasteiger partial charge on any atom is -0.359 e. The van der Waals surface area contributed by atoms with Gasteiger partial charge in [-0.1, -0.05) is 0 Å². The molecule has 2 heterocycles. The van der Waals surface area contributed by atoms with Gasteiger partial charge < -0.3 is 10.2 Å². The second kappa shape index (κ2) is 4.18. The van der Waals surface area contributed by atoms with Gasteiger partial charge >= 0.3 is 0 Å². The van der Waals surface area contributed by atoms with Crippen molar-refractivity contribution < 1.29 is 4.79 Å². The van der Waals surface area contributed by atoms with Gasteiger partial charge in [-0.05, 0) is 13.3 Å². The number of rotatable bonds is 2. The molecule has 1 N–H and O–H groups in total. The fraction of sp³-hybridized carbons (Fsp3) is 0.600. The number of aromatic nitrogens is 1. The molecule has 1 aliphatic heterocycles. The molecule has 0 spiro atoms. The molecule has 4 nitrogen and oxygen atoms in total. The van der Waals surface area contributed by atoms with E-state index in [1.54, 1.807) is 18.4 Å². The predicted octanol–water partition coefficient (Wildman–Crippen LogP) is 1.02. The SMILES string of the molecule is CNC(=O)C1CCN(c2ncc(C)s2)C1. The van der Waals surface area contributed by atoms with Gasteiger partial charge in [-0.2, -0.15) is 0 Å². The van der Waals surface area contributed by atoms with Crippen LogP contribution in [0.25, 0.3) is 0 Å². The highest BCUT2D eigenvalue weighted by molar-refractivity contribution is 7.15. The lowest BCUT2D eigenvalue weighted by Gasteiger charge is -2.13. The molecule has 0 radical (unpaired) electrons. The van der Waals surface area contributed by atoms with E-state index in [1.807, 2.05) is 13.1 Å². The summed E-state index contributed by atoms with van der Waals surface area (Å²) in [5, 5.41) is 3.74. The lowest BCUT2D eigenvalue weighted by atomic mass is 10.1. The first-order chi connectivity index (χ1) is 7.20. The fourth-order valence-corrected chi connectivity index (χ4v) is 2.63. The van der Waals surface area contributed by atoms with Crippen LogP contribution in [0.15, 0.2) is 6.20 Å². The average molecular weight is 225 g/mol. The van der Waals surface area contributed by atoms with Gasteiger partial charge in [-0.3, -0.25) is 4.79 Å². The summed E-state index contributed by atoms with van der Waals surface area (Å²) in [6.45, 7) is 3.78. The second-order valence-corrected chi connectivity index (χ2v) is 5.01. The molecular weight excluding hydrogens is 210 g/mol. The Balaban J connectivity index is 2.01. The molecule has 1 unspecified atom stereocenters. The first-order valence-corrected chi connectivity index (χ1v) is 5.91. The molecule has 1 saturated heterocycles. The van der Waals surface area contributed by atoms with E-state index in [-0.39, 0.29) is 11.8 Å². The van der Waals surface area contributed by atoms with Crippen LogP contribution in [0.5, 0.6) is 0 Å². The molecule has 0 aliphatic carbocycles. The Morgan fingerprint density at radius 1 is 1.73 bits per heavy atom. The third kappa shape index (κ3) is 2.12. The minimum atomic E-state index is 0.124.